The summed E-state index contributed by atoms with van der Waals surface area (Å²) in [6, 6.07) is 14.5. The van der Waals surface area contributed by atoms with Crippen LogP contribution in [0.2, 0.25) is 0 Å². The number of carboxylic acids is 1. The largest absolute Gasteiger partial charge is 0.481 e. The summed E-state index contributed by atoms with van der Waals surface area (Å²) >= 11 is 1.78. The second-order valence-corrected chi connectivity index (χ2v) is 6.22. The molecule has 3 rings (SSSR count). The van der Waals surface area contributed by atoms with Crippen LogP contribution in [0.3, 0.4) is 0 Å². The molecule has 0 aromatic heterocycles. The third kappa shape index (κ3) is 2.46. The molecule has 1 N–H and O–H groups in total. The van der Waals surface area contributed by atoms with Crippen LogP contribution in [0.15, 0.2) is 52.3 Å². The van der Waals surface area contributed by atoms with Gasteiger partial charge >= 0.3 is 5.97 Å². The lowest BCUT2D eigenvalue weighted by atomic mass is 9.96. The number of carbonyl (C=O) groups is 1. The Labute approximate surface area is 122 Å². The van der Waals surface area contributed by atoms with Gasteiger partial charge in [-0.1, -0.05) is 42.1 Å². The van der Waals surface area contributed by atoms with E-state index < -0.39 is 11.9 Å². The zero-order chi connectivity index (χ0) is 14.1. The lowest BCUT2D eigenvalue weighted by Gasteiger charge is -2.11. The minimum Gasteiger partial charge on any atom is -0.481 e. The Balaban J connectivity index is 1.97. The van der Waals surface area contributed by atoms with Gasteiger partial charge in [0, 0.05) is 9.79 Å². The molecule has 2 aromatic rings. The van der Waals surface area contributed by atoms with Crippen molar-refractivity contribution >= 4 is 17.7 Å². The van der Waals surface area contributed by atoms with E-state index in [0.29, 0.717) is 0 Å². The molecule has 0 radical (unpaired) electrons. The van der Waals surface area contributed by atoms with Crippen molar-refractivity contribution in [3.8, 4) is 0 Å². The Kier molecular flexibility index (Phi) is 3.53. The molecule has 0 saturated heterocycles. The number of hydrogen-bond donors (Lipinski definition) is 1. The van der Waals surface area contributed by atoms with Crippen molar-refractivity contribution in [3.63, 3.8) is 0 Å². The predicted octanol–water partition coefficient (Wildman–Crippen LogP) is 4.12. The molecule has 2 nitrogen and oxygen atoms in total. The van der Waals surface area contributed by atoms with Gasteiger partial charge in [0.15, 0.2) is 0 Å². The first-order valence-corrected chi connectivity index (χ1v) is 7.58. The van der Waals surface area contributed by atoms with Crippen LogP contribution in [-0.2, 0) is 17.6 Å². The van der Waals surface area contributed by atoms with Crippen molar-refractivity contribution in [2.75, 3.05) is 0 Å². The fourth-order valence-electron chi connectivity index (χ4n) is 2.50. The molecule has 0 saturated carbocycles. The monoisotopic (exact) mass is 284 g/mol. The minimum absolute atomic E-state index is 0.448. The number of rotatable bonds is 2. The molecule has 3 heteroatoms. The Morgan fingerprint density at radius 1 is 1.10 bits per heavy atom. The van der Waals surface area contributed by atoms with E-state index in [1.54, 1.807) is 18.7 Å². The van der Waals surface area contributed by atoms with Crippen LogP contribution >= 0.6 is 11.8 Å². The van der Waals surface area contributed by atoms with Crippen molar-refractivity contribution in [1.29, 1.82) is 0 Å². The molecular weight excluding hydrogens is 268 g/mol. The van der Waals surface area contributed by atoms with Gasteiger partial charge in [-0.2, -0.15) is 0 Å². The Hall–Kier alpha value is -1.74. The van der Waals surface area contributed by atoms with Gasteiger partial charge in [0.2, 0.25) is 0 Å². The van der Waals surface area contributed by atoms with E-state index in [-0.39, 0.29) is 0 Å². The van der Waals surface area contributed by atoms with E-state index >= 15 is 0 Å². The van der Waals surface area contributed by atoms with Crippen LogP contribution in [-0.4, -0.2) is 11.1 Å². The van der Waals surface area contributed by atoms with Gasteiger partial charge in [-0.05, 0) is 48.6 Å². The molecule has 1 heterocycles. The number of benzene rings is 2. The molecule has 102 valence electrons. The van der Waals surface area contributed by atoms with Crippen LogP contribution in [0.4, 0.5) is 0 Å². The van der Waals surface area contributed by atoms with Crippen LogP contribution in [0.1, 0.15) is 29.5 Å². The molecular formula is C17H16O2S. The highest BCUT2D eigenvalue weighted by Crippen LogP contribution is 2.38. The molecule has 0 amide bonds. The fourth-order valence-corrected chi connectivity index (χ4v) is 3.62. The van der Waals surface area contributed by atoms with E-state index in [2.05, 4.69) is 36.4 Å². The first-order chi connectivity index (χ1) is 9.65. The highest BCUT2D eigenvalue weighted by Gasteiger charge is 2.18. The molecule has 0 unspecified atom stereocenters. The third-order valence-corrected chi connectivity index (χ3v) is 5.05. The maximum absolute atomic E-state index is 11.1. The average Bonchev–Trinajstić information content (AvgIpc) is 2.64. The SMILES string of the molecule is C[C@H](C(=O)O)c1ccc2c(c1)CCc1ccccc1S2. The number of carboxylic acid groups (broad SMARTS) is 1. The zero-order valence-electron chi connectivity index (χ0n) is 11.3. The number of hydrogen-bond acceptors (Lipinski definition) is 2. The molecule has 0 aliphatic carbocycles. The van der Waals surface area contributed by atoms with Gasteiger partial charge in [0.1, 0.15) is 0 Å². The fraction of sp³-hybridized carbons (Fsp3) is 0.235. The number of aliphatic carboxylic acids is 1. The van der Waals surface area contributed by atoms with Gasteiger partial charge in [0.05, 0.1) is 5.92 Å². The second kappa shape index (κ2) is 5.33. The molecule has 1 aliphatic heterocycles. The summed E-state index contributed by atoms with van der Waals surface area (Å²) in [5, 5.41) is 9.13. The zero-order valence-corrected chi connectivity index (χ0v) is 12.1. The minimum atomic E-state index is -0.769. The highest BCUT2D eigenvalue weighted by molar-refractivity contribution is 7.99. The summed E-state index contributed by atoms with van der Waals surface area (Å²) in [6.45, 7) is 1.74. The summed E-state index contributed by atoms with van der Waals surface area (Å²) in [7, 11) is 0. The van der Waals surface area contributed by atoms with Crippen LogP contribution in [0.5, 0.6) is 0 Å². The van der Waals surface area contributed by atoms with E-state index in [0.717, 1.165) is 18.4 Å². The smallest absolute Gasteiger partial charge is 0.310 e. The molecule has 1 atom stereocenters. The van der Waals surface area contributed by atoms with E-state index in [9.17, 15) is 4.79 Å². The predicted molar refractivity (Wildman–Crippen MR) is 80.5 cm³/mol. The first kappa shape index (κ1) is 13.3. The van der Waals surface area contributed by atoms with Gasteiger partial charge < -0.3 is 5.11 Å². The molecule has 20 heavy (non-hydrogen) atoms. The summed E-state index contributed by atoms with van der Waals surface area (Å²) in [5.41, 5.74) is 3.53. The van der Waals surface area contributed by atoms with Crippen LogP contribution in [0.25, 0.3) is 0 Å². The normalized spacial score (nSPS) is 14.8. The molecule has 0 spiro atoms. The summed E-state index contributed by atoms with van der Waals surface area (Å²) < 4.78 is 0. The van der Waals surface area contributed by atoms with E-state index in [4.69, 9.17) is 5.11 Å². The molecule has 2 aromatic carbocycles. The average molecular weight is 284 g/mol. The lowest BCUT2D eigenvalue weighted by molar-refractivity contribution is -0.138. The van der Waals surface area contributed by atoms with Gasteiger partial charge in [-0.3, -0.25) is 4.79 Å². The second-order valence-electron chi connectivity index (χ2n) is 5.14. The quantitative estimate of drug-likeness (QED) is 0.901. The highest BCUT2D eigenvalue weighted by atomic mass is 32.2. The molecule has 0 bridgehead atoms. The lowest BCUT2D eigenvalue weighted by Crippen LogP contribution is -2.08. The maximum Gasteiger partial charge on any atom is 0.310 e. The summed E-state index contributed by atoms with van der Waals surface area (Å²) in [6.07, 6.45) is 1.99. The van der Waals surface area contributed by atoms with Crippen molar-refractivity contribution in [3.05, 3.63) is 59.2 Å². The van der Waals surface area contributed by atoms with Crippen molar-refractivity contribution in [1.82, 2.24) is 0 Å². The topological polar surface area (TPSA) is 37.3 Å². The summed E-state index contributed by atoms with van der Waals surface area (Å²) in [5.74, 6) is -1.22. The number of fused-ring (bicyclic) bond motifs is 2. The van der Waals surface area contributed by atoms with Crippen molar-refractivity contribution in [2.45, 2.75) is 35.5 Å². The van der Waals surface area contributed by atoms with E-state index in [1.165, 1.54) is 20.9 Å². The van der Waals surface area contributed by atoms with Crippen molar-refractivity contribution < 1.29 is 9.90 Å². The maximum atomic E-state index is 11.1. The standard InChI is InChI=1S/C17H16O2S/c1-11(17(18)19)13-8-9-16-14(10-13)7-6-12-4-2-3-5-15(12)20-16/h2-5,8-11H,6-7H2,1H3,(H,18,19)/t11-/m0/s1. The third-order valence-electron chi connectivity index (χ3n) is 3.81. The van der Waals surface area contributed by atoms with E-state index in [1.807, 2.05) is 6.07 Å². The van der Waals surface area contributed by atoms with Crippen LogP contribution in [0, 0.1) is 0 Å². The summed E-state index contributed by atoms with van der Waals surface area (Å²) in [4.78, 5) is 13.7. The molecule has 0 fully saturated rings. The number of aryl methyl sites for hydroxylation is 2. The Morgan fingerprint density at radius 2 is 1.80 bits per heavy atom. The van der Waals surface area contributed by atoms with Crippen molar-refractivity contribution in [2.24, 2.45) is 0 Å². The Bertz CT molecular complexity index is 664. The van der Waals surface area contributed by atoms with Gasteiger partial charge in [0.25, 0.3) is 0 Å². The van der Waals surface area contributed by atoms with Gasteiger partial charge in [-0.15, -0.1) is 0 Å². The van der Waals surface area contributed by atoms with Crippen LogP contribution < -0.4 is 0 Å². The Morgan fingerprint density at radius 3 is 2.60 bits per heavy atom. The van der Waals surface area contributed by atoms with Gasteiger partial charge in [-0.25, -0.2) is 0 Å². The first-order valence-electron chi connectivity index (χ1n) is 6.76. The molecule has 1 aliphatic rings.